The number of rotatable bonds is 2. The average molecular weight is 260 g/mol. The van der Waals surface area contributed by atoms with Gasteiger partial charge in [-0.05, 0) is 6.92 Å². The molecule has 0 radical (unpaired) electrons. The van der Waals surface area contributed by atoms with Crippen LogP contribution in [0.3, 0.4) is 0 Å². The van der Waals surface area contributed by atoms with Gasteiger partial charge in [-0.1, -0.05) is 0 Å². The molecule has 1 aromatic rings. The fourth-order valence-electron chi connectivity index (χ4n) is 1.88. The SMILES string of the molecule is [2H]c1c([2H])n([C@@H]2O[C@H](CO)C(O)[C@@]2(C)O)c(=O)[nH]c1=O. The van der Waals surface area contributed by atoms with Gasteiger partial charge in [-0.3, -0.25) is 14.3 Å². The largest absolute Gasteiger partial charge is 0.394 e. The Hall–Kier alpha value is -1.48. The summed E-state index contributed by atoms with van der Waals surface area (Å²) in [5, 5.41) is 29.1. The lowest BCUT2D eigenvalue weighted by Crippen LogP contribution is -2.46. The van der Waals surface area contributed by atoms with E-state index in [1.54, 1.807) is 0 Å². The molecule has 0 aromatic carbocycles. The van der Waals surface area contributed by atoms with Gasteiger partial charge in [-0.15, -0.1) is 0 Å². The van der Waals surface area contributed by atoms with Crippen LogP contribution in [0.15, 0.2) is 21.8 Å². The van der Waals surface area contributed by atoms with E-state index >= 15 is 0 Å². The molecule has 100 valence electrons. The summed E-state index contributed by atoms with van der Waals surface area (Å²) in [6.07, 6.45) is -4.90. The molecule has 1 unspecified atom stereocenters. The second-order valence-corrected chi connectivity index (χ2v) is 4.25. The molecule has 0 spiro atoms. The Kier molecular flexibility index (Phi) is 2.51. The third-order valence-electron chi connectivity index (χ3n) is 2.90. The zero-order chi connectivity index (χ0) is 15.2. The van der Waals surface area contributed by atoms with Gasteiger partial charge >= 0.3 is 5.69 Å². The van der Waals surface area contributed by atoms with E-state index in [2.05, 4.69) is 0 Å². The highest BCUT2D eigenvalue weighted by atomic mass is 16.6. The van der Waals surface area contributed by atoms with Gasteiger partial charge in [-0.2, -0.15) is 0 Å². The number of hydrogen-bond donors (Lipinski definition) is 4. The highest BCUT2D eigenvalue weighted by Gasteiger charge is 2.53. The van der Waals surface area contributed by atoms with Gasteiger partial charge in [0.1, 0.15) is 17.8 Å². The van der Waals surface area contributed by atoms with Gasteiger partial charge in [-0.25, -0.2) is 4.79 Å². The van der Waals surface area contributed by atoms with E-state index in [1.165, 1.54) is 6.92 Å². The molecule has 8 heteroatoms. The molecule has 4 atom stereocenters. The molecule has 0 aliphatic carbocycles. The summed E-state index contributed by atoms with van der Waals surface area (Å²) >= 11 is 0. The van der Waals surface area contributed by atoms with Crippen LogP contribution in [0.2, 0.25) is 0 Å². The maximum atomic E-state index is 11.8. The van der Waals surface area contributed by atoms with Gasteiger partial charge in [0, 0.05) is 12.2 Å². The van der Waals surface area contributed by atoms with Crippen molar-refractivity contribution in [1.29, 1.82) is 0 Å². The van der Waals surface area contributed by atoms with E-state index in [9.17, 15) is 19.8 Å². The maximum absolute atomic E-state index is 11.8. The summed E-state index contributed by atoms with van der Waals surface area (Å²) in [4.78, 5) is 24.8. The van der Waals surface area contributed by atoms with Crippen LogP contribution in [0.5, 0.6) is 0 Å². The summed E-state index contributed by atoms with van der Waals surface area (Å²) in [7, 11) is 0. The Balaban J connectivity index is 2.61. The topological polar surface area (TPSA) is 125 Å². The second-order valence-electron chi connectivity index (χ2n) is 4.25. The highest BCUT2D eigenvalue weighted by Crippen LogP contribution is 2.36. The smallest absolute Gasteiger partial charge is 0.330 e. The molecule has 1 aliphatic heterocycles. The van der Waals surface area contributed by atoms with E-state index in [0.717, 1.165) is 0 Å². The van der Waals surface area contributed by atoms with Gasteiger partial charge < -0.3 is 20.1 Å². The summed E-state index contributed by atoms with van der Waals surface area (Å²) in [6, 6.07) is -0.772. The standard InChI is InChI=1S/C10H14N2O6/c1-10(17)7(15)5(4-13)18-8(10)12-3-2-6(14)11-9(12)16/h2-3,5,7-8,13,15,17H,4H2,1H3,(H,11,14,16)/t5-,7?,8-,10-/m1/s1/i2D,3D. The Morgan fingerprint density at radius 3 is 2.89 bits per heavy atom. The Morgan fingerprint density at radius 2 is 2.33 bits per heavy atom. The van der Waals surface area contributed by atoms with Crippen molar-refractivity contribution in [2.24, 2.45) is 0 Å². The lowest BCUT2D eigenvalue weighted by Gasteiger charge is -2.27. The zero-order valence-corrected chi connectivity index (χ0v) is 9.45. The first-order valence-electron chi connectivity index (χ1n) is 6.20. The number of aliphatic hydroxyl groups is 3. The Labute approximate surface area is 104 Å². The number of aromatic amines is 1. The van der Waals surface area contributed by atoms with Crippen molar-refractivity contribution in [2.75, 3.05) is 6.61 Å². The summed E-state index contributed by atoms with van der Waals surface area (Å²) in [6.45, 7) is 0.561. The summed E-state index contributed by atoms with van der Waals surface area (Å²) in [5.41, 5.74) is -4.06. The van der Waals surface area contributed by atoms with Gasteiger partial charge in [0.25, 0.3) is 5.56 Å². The number of nitrogens with zero attached hydrogens (tertiary/aromatic N) is 1. The molecular formula is C10H14N2O6. The lowest BCUT2D eigenvalue weighted by atomic mass is 9.96. The van der Waals surface area contributed by atoms with Crippen molar-refractivity contribution in [3.05, 3.63) is 33.1 Å². The molecule has 0 amide bonds. The Morgan fingerprint density at radius 1 is 1.67 bits per heavy atom. The number of ether oxygens (including phenoxy) is 1. The van der Waals surface area contributed by atoms with E-state index in [0.29, 0.717) is 4.57 Å². The maximum Gasteiger partial charge on any atom is 0.330 e. The molecule has 8 nitrogen and oxygen atoms in total. The Bertz CT molecular complexity index is 640. The van der Waals surface area contributed by atoms with E-state index in [-0.39, 0.29) is 0 Å². The zero-order valence-electron chi connectivity index (χ0n) is 11.5. The monoisotopic (exact) mass is 260 g/mol. The van der Waals surface area contributed by atoms with Crippen LogP contribution in [0, 0.1) is 0 Å². The lowest BCUT2D eigenvalue weighted by molar-refractivity contribution is -0.0987. The minimum absolute atomic E-state index is 0.558. The first kappa shape index (κ1) is 10.4. The predicted molar refractivity (Wildman–Crippen MR) is 58.9 cm³/mol. The van der Waals surface area contributed by atoms with Crippen molar-refractivity contribution in [2.45, 2.75) is 31.0 Å². The third-order valence-corrected chi connectivity index (χ3v) is 2.90. The molecule has 1 fully saturated rings. The van der Waals surface area contributed by atoms with E-state index in [4.69, 9.17) is 12.6 Å². The second kappa shape index (κ2) is 4.32. The molecular weight excluding hydrogens is 244 g/mol. The molecule has 1 aliphatic rings. The van der Waals surface area contributed by atoms with E-state index < -0.39 is 54.1 Å². The van der Waals surface area contributed by atoms with Crippen LogP contribution >= 0.6 is 0 Å². The van der Waals surface area contributed by atoms with Crippen LogP contribution in [0.25, 0.3) is 0 Å². The minimum Gasteiger partial charge on any atom is -0.394 e. The highest BCUT2D eigenvalue weighted by molar-refractivity contribution is 5.00. The first-order chi connectivity index (χ1) is 9.21. The minimum atomic E-state index is -1.97. The summed E-state index contributed by atoms with van der Waals surface area (Å²) in [5.74, 6) is 0. The van der Waals surface area contributed by atoms with Crippen molar-refractivity contribution >= 4 is 0 Å². The fraction of sp³-hybridized carbons (Fsp3) is 0.600. The van der Waals surface area contributed by atoms with Crippen LogP contribution in [0.4, 0.5) is 0 Å². The molecule has 1 aromatic heterocycles. The van der Waals surface area contributed by atoms with Gasteiger partial charge in [0.2, 0.25) is 0 Å². The first-order valence-corrected chi connectivity index (χ1v) is 5.20. The average Bonchev–Trinajstić information content (AvgIpc) is 2.60. The number of nitrogens with one attached hydrogen (secondary N) is 1. The number of aromatic nitrogens is 2. The van der Waals surface area contributed by atoms with Crippen molar-refractivity contribution in [1.82, 2.24) is 9.55 Å². The summed E-state index contributed by atoms with van der Waals surface area (Å²) < 4.78 is 20.7. The van der Waals surface area contributed by atoms with Crippen LogP contribution in [-0.4, -0.2) is 49.3 Å². The quantitative estimate of drug-likeness (QED) is 0.467. The van der Waals surface area contributed by atoms with Gasteiger partial charge in [0.15, 0.2) is 6.23 Å². The fourth-order valence-corrected chi connectivity index (χ4v) is 1.88. The van der Waals surface area contributed by atoms with Crippen molar-refractivity contribution in [3.8, 4) is 0 Å². The number of aliphatic hydroxyl groups excluding tert-OH is 2. The van der Waals surface area contributed by atoms with Crippen LogP contribution < -0.4 is 11.2 Å². The van der Waals surface area contributed by atoms with Crippen LogP contribution in [-0.2, 0) is 4.74 Å². The molecule has 1 saturated heterocycles. The number of hydrogen-bond acceptors (Lipinski definition) is 6. The normalized spacial score (nSPS) is 37.4. The number of H-pyrrole nitrogens is 1. The molecule has 2 rings (SSSR count). The van der Waals surface area contributed by atoms with Crippen molar-refractivity contribution in [3.63, 3.8) is 0 Å². The molecule has 0 saturated carbocycles. The van der Waals surface area contributed by atoms with Crippen molar-refractivity contribution < 1.29 is 22.8 Å². The molecule has 4 N–H and O–H groups in total. The predicted octanol–water partition coefficient (Wildman–Crippen LogP) is -2.46. The molecule has 0 bridgehead atoms. The van der Waals surface area contributed by atoms with Crippen LogP contribution in [0.1, 0.15) is 15.9 Å². The van der Waals surface area contributed by atoms with E-state index in [1.807, 2.05) is 4.98 Å². The van der Waals surface area contributed by atoms with Gasteiger partial charge in [0.05, 0.1) is 9.35 Å². The molecule has 18 heavy (non-hydrogen) atoms. The molecule has 2 heterocycles. The third kappa shape index (κ3) is 1.89.